The normalized spacial score (nSPS) is 40.7. The third kappa shape index (κ3) is 2.41. The minimum Gasteiger partial charge on any atom is -0.377 e. The second-order valence-electron chi connectivity index (χ2n) is 5.76. The number of likely N-dealkylation sites (tertiary alicyclic amines) is 1. The fourth-order valence-corrected chi connectivity index (χ4v) is 3.15. The molecule has 0 amide bonds. The summed E-state index contributed by atoms with van der Waals surface area (Å²) >= 11 is 0. The fraction of sp³-hybridized carbons (Fsp3) is 1.00. The summed E-state index contributed by atoms with van der Waals surface area (Å²) in [6.45, 7) is 7.01. The zero-order chi connectivity index (χ0) is 11.0. The maximum atomic E-state index is 5.66. The molecule has 2 saturated heterocycles. The van der Waals surface area contributed by atoms with Crippen molar-refractivity contribution in [1.82, 2.24) is 10.2 Å². The second kappa shape index (κ2) is 4.63. The van der Waals surface area contributed by atoms with Crippen molar-refractivity contribution in [1.29, 1.82) is 0 Å². The maximum absolute atomic E-state index is 5.66. The van der Waals surface area contributed by atoms with Gasteiger partial charge in [0.1, 0.15) is 0 Å². The van der Waals surface area contributed by atoms with Crippen LogP contribution in [0.3, 0.4) is 0 Å². The van der Waals surface area contributed by atoms with Crippen LogP contribution in [0.1, 0.15) is 32.6 Å². The molecule has 1 aliphatic carbocycles. The highest BCUT2D eigenvalue weighted by Gasteiger charge is 2.34. The Hall–Kier alpha value is -0.120. The van der Waals surface area contributed by atoms with Gasteiger partial charge in [-0.05, 0) is 51.6 Å². The lowest BCUT2D eigenvalue weighted by molar-refractivity contribution is 0.0817. The average Bonchev–Trinajstić information content (AvgIpc) is 2.82. The van der Waals surface area contributed by atoms with Crippen molar-refractivity contribution in [3.05, 3.63) is 0 Å². The molecule has 0 radical (unpaired) electrons. The molecule has 3 aliphatic rings. The molecule has 3 unspecified atom stereocenters. The summed E-state index contributed by atoms with van der Waals surface area (Å²) in [5.74, 6) is 0.883. The average molecular weight is 224 g/mol. The lowest BCUT2D eigenvalue weighted by Crippen LogP contribution is -2.38. The van der Waals surface area contributed by atoms with Crippen molar-refractivity contribution in [3.8, 4) is 0 Å². The molecule has 3 atom stereocenters. The van der Waals surface area contributed by atoms with Gasteiger partial charge in [0, 0.05) is 25.2 Å². The summed E-state index contributed by atoms with van der Waals surface area (Å²) in [4.78, 5) is 2.66. The second-order valence-corrected chi connectivity index (χ2v) is 5.76. The maximum Gasteiger partial charge on any atom is 0.0703 e. The van der Waals surface area contributed by atoms with E-state index in [0.717, 1.165) is 18.6 Å². The van der Waals surface area contributed by atoms with Crippen LogP contribution < -0.4 is 5.32 Å². The molecule has 0 aromatic carbocycles. The molecule has 0 aromatic rings. The summed E-state index contributed by atoms with van der Waals surface area (Å²) in [5, 5.41) is 3.66. The van der Waals surface area contributed by atoms with Crippen molar-refractivity contribution in [3.63, 3.8) is 0 Å². The van der Waals surface area contributed by atoms with E-state index in [1.807, 2.05) is 0 Å². The van der Waals surface area contributed by atoms with Crippen LogP contribution in [0.4, 0.5) is 0 Å². The van der Waals surface area contributed by atoms with Gasteiger partial charge in [-0.25, -0.2) is 0 Å². The molecule has 3 fully saturated rings. The Morgan fingerprint density at radius 2 is 2.12 bits per heavy atom. The van der Waals surface area contributed by atoms with Gasteiger partial charge in [-0.1, -0.05) is 0 Å². The number of rotatable bonds is 4. The number of hydrogen-bond acceptors (Lipinski definition) is 3. The first-order valence-corrected chi connectivity index (χ1v) is 6.92. The largest absolute Gasteiger partial charge is 0.377 e. The van der Waals surface area contributed by atoms with E-state index in [2.05, 4.69) is 17.1 Å². The molecule has 0 bridgehead atoms. The summed E-state index contributed by atoms with van der Waals surface area (Å²) in [5.41, 5.74) is 0. The Bertz CT molecular complexity index is 242. The van der Waals surface area contributed by atoms with Gasteiger partial charge in [0.05, 0.1) is 6.10 Å². The molecular weight excluding hydrogens is 200 g/mol. The summed E-state index contributed by atoms with van der Waals surface area (Å²) in [6, 6.07) is 1.56. The minimum absolute atomic E-state index is 0.454. The van der Waals surface area contributed by atoms with Crippen LogP contribution in [0.25, 0.3) is 0 Å². The Morgan fingerprint density at radius 1 is 1.25 bits per heavy atom. The molecule has 92 valence electrons. The quantitative estimate of drug-likeness (QED) is 0.777. The fourth-order valence-electron chi connectivity index (χ4n) is 3.15. The van der Waals surface area contributed by atoms with Crippen molar-refractivity contribution < 1.29 is 4.74 Å². The van der Waals surface area contributed by atoms with Crippen LogP contribution in [-0.2, 0) is 4.74 Å². The highest BCUT2D eigenvalue weighted by molar-refractivity contribution is 4.89. The van der Waals surface area contributed by atoms with Gasteiger partial charge >= 0.3 is 0 Å². The summed E-state index contributed by atoms with van der Waals surface area (Å²) < 4.78 is 5.66. The van der Waals surface area contributed by atoms with Crippen LogP contribution in [0.2, 0.25) is 0 Å². The number of ether oxygens (including phenoxy) is 1. The van der Waals surface area contributed by atoms with Gasteiger partial charge in [0.2, 0.25) is 0 Å². The topological polar surface area (TPSA) is 24.5 Å². The first-order chi connectivity index (χ1) is 7.83. The molecule has 0 spiro atoms. The smallest absolute Gasteiger partial charge is 0.0703 e. The van der Waals surface area contributed by atoms with E-state index in [1.54, 1.807) is 0 Å². The van der Waals surface area contributed by atoms with Gasteiger partial charge in [0.25, 0.3) is 0 Å². The summed E-state index contributed by atoms with van der Waals surface area (Å²) in [6.07, 6.45) is 5.89. The minimum atomic E-state index is 0.454. The first kappa shape index (κ1) is 11.0. The van der Waals surface area contributed by atoms with Crippen LogP contribution in [0.5, 0.6) is 0 Å². The van der Waals surface area contributed by atoms with Crippen molar-refractivity contribution in [2.45, 2.75) is 50.8 Å². The SMILES string of the molecule is CC1OCCC1N1CCC(CNC2CC2)C1. The van der Waals surface area contributed by atoms with E-state index < -0.39 is 0 Å². The van der Waals surface area contributed by atoms with Gasteiger partial charge in [-0.3, -0.25) is 4.90 Å². The lowest BCUT2D eigenvalue weighted by atomic mass is 10.1. The van der Waals surface area contributed by atoms with Crippen LogP contribution >= 0.6 is 0 Å². The Morgan fingerprint density at radius 3 is 2.81 bits per heavy atom. The highest BCUT2D eigenvalue weighted by atomic mass is 16.5. The molecule has 3 heteroatoms. The summed E-state index contributed by atoms with van der Waals surface area (Å²) in [7, 11) is 0. The molecular formula is C13H24N2O. The first-order valence-electron chi connectivity index (χ1n) is 6.92. The van der Waals surface area contributed by atoms with Crippen LogP contribution in [0, 0.1) is 5.92 Å². The third-order valence-electron chi connectivity index (χ3n) is 4.40. The highest BCUT2D eigenvalue weighted by Crippen LogP contribution is 2.26. The Kier molecular flexibility index (Phi) is 3.18. The van der Waals surface area contributed by atoms with Crippen molar-refractivity contribution >= 4 is 0 Å². The molecule has 3 nitrogen and oxygen atoms in total. The monoisotopic (exact) mass is 224 g/mol. The Balaban J connectivity index is 1.44. The van der Waals surface area contributed by atoms with Crippen molar-refractivity contribution in [2.24, 2.45) is 5.92 Å². The van der Waals surface area contributed by atoms with E-state index in [1.165, 1.54) is 45.3 Å². The zero-order valence-electron chi connectivity index (χ0n) is 10.3. The Labute approximate surface area is 98.5 Å². The molecule has 3 rings (SSSR count). The van der Waals surface area contributed by atoms with Crippen LogP contribution in [0.15, 0.2) is 0 Å². The molecule has 0 aromatic heterocycles. The molecule has 1 saturated carbocycles. The molecule has 1 N–H and O–H groups in total. The van der Waals surface area contributed by atoms with Crippen molar-refractivity contribution in [2.75, 3.05) is 26.2 Å². The van der Waals surface area contributed by atoms with Gasteiger partial charge < -0.3 is 10.1 Å². The van der Waals surface area contributed by atoms with E-state index in [-0.39, 0.29) is 0 Å². The third-order valence-corrected chi connectivity index (χ3v) is 4.40. The zero-order valence-corrected chi connectivity index (χ0v) is 10.3. The van der Waals surface area contributed by atoms with Crippen LogP contribution in [-0.4, -0.2) is 49.3 Å². The number of nitrogens with one attached hydrogen (secondary N) is 1. The number of nitrogens with zero attached hydrogens (tertiary/aromatic N) is 1. The standard InChI is InChI=1S/C13H24N2O/c1-10-13(5-7-16-10)15-6-4-11(9-15)8-14-12-2-3-12/h10-14H,2-9H2,1H3. The van der Waals surface area contributed by atoms with E-state index in [9.17, 15) is 0 Å². The predicted molar refractivity (Wildman–Crippen MR) is 64.5 cm³/mol. The molecule has 2 heterocycles. The predicted octanol–water partition coefficient (Wildman–Crippen LogP) is 1.24. The molecule has 16 heavy (non-hydrogen) atoms. The van der Waals surface area contributed by atoms with E-state index in [0.29, 0.717) is 12.1 Å². The van der Waals surface area contributed by atoms with E-state index >= 15 is 0 Å². The molecule has 2 aliphatic heterocycles. The number of hydrogen-bond donors (Lipinski definition) is 1. The van der Waals surface area contributed by atoms with Gasteiger partial charge in [-0.15, -0.1) is 0 Å². The van der Waals surface area contributed by atoms with Gasteiger partial charge in [0.15, 0.2) is 0 Å². The van der Waals surface area contributed by atoms with E-state index in [4.69, 9.17) is 4.74 Å². The lowest BCUT2D eigenvalue weighted by Gasteiger charge is -2.26. The van der Waals surface area contributed by atoms with Gasteiger partial charge in [-0.2, -0.15) is 0 Å².